The zero-order chi connectivity index (χ0) is 9.07. The minimum absolute atomic E-state index is 0.0362. The van der Waals surface area contributed by atoms with Crippen molar-refractivity contribution < 1.29 is 14.7 Å². The molecule has 0 bridgehead atoms. The molecule has 0 aliphatic rings. The highest BCUT2D eigenvalue weighted by atomic mass is 35.5. The molecule has 3 nitrogen and oxygen atoms in total. The van der Waals surface area contributed by atoms with Crippen molar-refractivity contribution in [2.45, 2.75) is 26.7 Å². The number of carbonyl (C=O) groups is 2. The molecule has 0 aliphatic carbocycles. The van der Waals surface area contributed by atoms with Crippen LogP contribution in [0.1, 0.15) is 26.7 Å². The molecular weight excluding hydrogens is 168 g/mol. The van der Waals surface area contributed by atoms with Crippen LogP contribution >= 0.6 is 11.6 Å². The van der Waals surface area contributed by atoms with Crippen molar-refractivity contribution >= 4 is 22.8 Å². The van der Waals surface area contributed by atoms with E-state index in [0.717, 1.165) is 0 Å². The lowest BCUT2D eigenvalue weighted by Crippen LogP contribution is -2.18. The fourth-order valence-corrected chi connectivity index (χ4v) is 1.21. The van der Waals surface area contributed by atoms with Crippen LogP contribution in [0.25, 0.3) is 0 Å². The van der Waals surface area contributed by atoms with Gasteiger partial charge in [0.05, 0.1) is 6.42 Å². The first-order valence-corrected chi connectivity index (χ1v) is 3.61. The van der Waals surface area contributed by atoms with Crippen molar-refractivity contribution in [3.63, 3.8) is 0 Å². The second-order valence-electron chi connectivity index (χ2n) is 3.27. The topological polar surface area (TPSA) is 54.4 Å². The van der Waals surface area contributed by atoms with E-state index in [0.29, 0.717) is 0 Å². The third-order valence-corrected chi connectivity index (χ3v) is 1.38. The molecule has 0 spiro atoms. The number of hydrogen-bond acceptors (Lipinski definition) is 2. The number of carboxylic acids is 1. The highest BCUT2D eigenvalue weighted by Gasteiger charge is 2.23. The molecule has 0 aliphatic heterocycles. The molecular formula is C7H11ClO3. The summed E-state index contributed by atoms with van der Waals surface area (Å²) in [5, 5.41) is 7.92. The van der Waals surface area contributed by atoms with Crippen LogP contribution in [0.2, 0.25) is 0 Å². The minimum Gasteiger partial charge on any atom is -0.481 e. The Bertz CT molecular complexity index is 157. The number of aliphatic carboxylic acids is 1. The molecule has 0 atom stereocenters. The Morgan fingerprint density at radius 3 is 2.09 bits per heavy atom. The van der Waals surface area contributed by atoms with Crippen molar-refractivity contribution in [3.05, 3.63) is 0 Å². The van der Waals surface area contributed by atoms with Crippen LogP contribution in [0.5, 0.6) is 0 Å². The predicted octanol–water partition coefficient (Wildman–Crippen LogP) is 1.64. The Labute approximate surface area is 70.3 Å². The molecule has 0 saturated heterocycles. The van der Waals surface area contributed by atoms with Gasteiger partial charge in [-0.2, -0.15) is 0 Å². The van der Waals surface area contributed by atoms with Crippen LogP contribution in [0.4, 0.5) is 0 Å². The largest absolute Gasteiger partial charge is 0.481 e. The van der Waals surface area contributed by atoms with E-state index in [1.54, 1.807) is 13.8 Å². The third kappa shape index (κ3) is 5.85. The molecule has 0 aromatic carbocycles. The van der Waals surface area contributed by atoms with E-state index in [4.69, 9.17) is 16.7 Å². The average Bonchev–Trinajstić information content (AvgIpc) is 1.53. The van der Waals surface area contributed by atoms with E-state index in [-0.39, 0.29) is 12.8 Å². The van der Waals surface area contributed by atoms with Crippen LogP contribution in [-0.4, -0.2) is 16.3 Å². The quantitative estimate of drug-likeness (QED) is 0.666. The Hall–Kier alpha value is -0.570. The van der Waals surface area contributed by atoms with Gasteiger partial charge in [-0.15, -0.1) is 0 Å². The zero-order valence-electron chi connectivity index (χ0n) is 6.56. The molecule has 0 radical (unpaired) electrons. The maximum absolute atomic E-state index is 10.4. The summed E-state index contributed by atoms with van der Waals surface area (Å²) >= 11 is 5.11. The maximum Gasteiger partial charge on any atom is 0.303 e. The first-order chi connectivity index (χ1) is 4.83. The monoisotopic (exact) mass is 178 g/mol. The van der Waals surface area contributed by atoms with E-state index in [1.807, 2.05) is 0 Å². The Balaban J connectivity index is 3.99. The number of hydrogen-bond donors (Lipinski definition) is 1. The van der Waals surface area contributed by atoms with Crippen molar-refractivity contribution in [1.82, 2.24) is 0 Å². The van der Waals surface area contributed by atoms with Crippen LogP contribution in [0, 0.1) is 5.41 Å². The summed E-state index contributed by atoms with van der Waals surface area (Å²) in [5.74, 6) is -0.909. The van der Waals surface area contributed by atoms with Gasteiger partial charge in [0.25, 0.3) is 0 Å². The first kappa shape index (κ1) is 10.4. The summed E-state index contributed by atoms with van der Waals surface area (Å²) in [7, 11) is 0. The van der Waals surface area contributed by atoms with Gasteiger partial charge in [-0.1, -0.05) is 13.8 Å². The molecule has 0 amide bonds. The summed E-state index contributed by atoms with van der Waals surface area (Å²) in [5.41, 5.74) is -0.537. The highest BCUT2D eigenvalue weighted by Crippen LogP contribution is 2.25. The molecule has 0 fully saturated rings. The van der Waals surface area contributed by atoms with E-state index < -0.39 is 16.6 Å². The number of rotatable bonds is 4. The van der Waals surface area contributed by atoms with Crippen LogP contribution in [0.3, 0.4) is 0 Å². The molecule has 0 aromatic rings. The summed E-state index contributed by atoms with van der Waals surface area (Å²) in [6.45, 7) is 3.39. The second-order valence-corrected chi connectivity index (χ2v) is 3.69. The molecule has 0 rings (SSSR count). The SMILES string of the molecule is CC(C)(CC(=O)O)CC(=O)Cl. The van der Waals surface area contributed by atoms with Crippen LogP contribution in [0.15, 0.2) is 0 Å². The van der Waals surface area contributed by atoms with E-state index in [1.165, 1.54) is 0 Å². The molecule has 4 heteroatoms. The summed E-state index contributed by atoms with van der Waals surface area (Å²) in [4.78, 5) is 20.7. The van der Waals surface area contributed by atoms with Crippen LogP contribution < -0.4 is 0 Å². The summed E-state index contributed by atoms with van der Waals surface area (Å²) in [6, 6.07) is 0. The Morgan fingerprint density at radius 2 is 1.82 bits per heavy atom. The Kier molecular flexibility index (Phi) is 3.52. The molecule has 0 aromatic heterocycles. The average molecular weight is 179 g/mol. The van der Waals surface area contributed by atoms with Gasteiger partial charge in [-0.25, -0.2) is 0 Å². The minimum atomic E-state index is -0.909. The van der Waals surface area contributed by atoms with Crippen LogP contribution in [-0.2, 0) is 9.59 Å². The van der Waals surface area contributed by atoms with E-state index >= 15 is 0 Å². The van der Waals surface area contributed by atoms with Crippen molar-refractivity contribution in [2.24, 2.45) is 5.41 Å². The first-order valence-electron chi connectivity index (χ1n) is 3.24. The molecule has 11 heavy (non-hydrogen) atoms. The number of carboxylic acid groups (broad SMARTS) is 1. The van der Waals surface area contributed by atoms with Crippen molar-refractivity contribution in [2.75, 3.05) is 0 Å². The van der Waals surface area contributed by atoms with Crippen molar-refractivity contribution in [3.8, 4) is 0 Å². The standard InChI is InChI=1S/C7H11ClO3/c1-7(2,3-5(8)9)4-6(10)11/h3-4H2,1-2H3,(H,10,11). The van der Waals surface area contributed by atoms with Gasteiger partial charge < -0.3 is 5.11 Å². The normalized spacial score (nSPS) is 11.2. The summed E-state index contributed by atoms with van der Waals surface area (Å²) < 4.78 is 0. The summed E-state index contributed by atoms with van der Waals surface area (Å²) in [6.07, 6.45) is 0.0618. The second kappa shape index (κ2) is 3.72. The number of halogens is 1. The smallest absolute Gasteiger partial charge is 0.303 e. The fourth-order valence-electron chi connectivity index (χ4n) is 0.848. The van der Waals surface area contributed by atoms with Gasteiger partial charge in [0, 0.05) is 6.42 Å². The van der Waals surface area contributed by atoms with E-state index in [9.17, 15) is 9.59 Å². The van der Waals surface area contributed by atoms with Gasteiger partial charge in [-0.05, 0) is 17.0 Å². The lowest BCUT2D eigenvalue weighted by atomic mass is 9.86. The maximum atomic E-state index is 10.4. The lowest BCUT2D eigenvalue weighted by molar-refractivity contribution is -0.139. The van der Waals surface area contributed by atoms with Crippen molar-refractivity contribution in [1.29, 1.82) is 0 Å². The lowest BCUT2D eigenvalue weighted by Gasteiger charge is -2.19. The molecule has 0 saturated carbocycles. The van der Waals surface area contributed by atoms with Gasteiger partial charge in [0.1, 0.15) is 0 Å². The van der Waals surface area contributed by atoms with Gasteiger partial charge in [0.2, 0.25) is 5.24 Å². The molecule has 64 valence electrons. The zero-order valence-corrected chi connectivity index (χ0v) is 7.31. The molecule has 0 heterocycles. The molecule has 0 unspecified atom stereocenters. The Morgan fingerprint density at radius 1 is 1.36 bits per heavy atom. The highest BCUT2D eigenvalue weighted by molar-refractivity contribution is 6.63. The fraction of sp³-hybridized carbons (Fsp3) is 0.714. The molecule has 1 N–H and O–H groups in total. The van der Waals surface area contributed by atoms with Gasteiger partial charge in [-0.3, -0.25) is 9.59 Å². The predicted molar refractivity (Wildman–Crippen MR) is 41.5 cm³/mol. The van der Waals surface area contributed by atoms with Gasteiger partial charge >= 0.3 is 5.97 Å². The van der Waals surface area contributed by atoms with E-state index in [2.05, 4.69) is 0 Å². The third-order valence-electron chi connectivity index (χ3n) is 1.25. The number of carbonyl (C=O) groups excluding carboxylic acids is 1. The van der Waals surface area contributed by atoms with Gasteiger partial charge in [0.15, 0.2) is 0 Å².